The van der Waals surface area contributed by atoms with Crippen LogP contribution in [0, 0.1) is 0 Å². The molecule has 1 atom stereocenters. The maximum absolute atomic E-state index is 6.05. The van der Waals surface area contributed by atoms with Crippen LogP contribution in [0.1, 0.15) is 16.5 Å². The van der Waals surface area contributed by atoms with Crippen molar-refractivity contribution in [3.05, 3.63) is 58.3 Å². The summed E-state index contributed by atoms with van der Waals surface area (Å²) in [4.78, 5) is 3.40. The zero-order valence-corrected chi connectivity index (χ0v) is 12.9. The summed E-state index contributed by atoms with van der Waals surface area (Å²) in [6.07, 6.45) is 0.0612. The van der Waals surface area contributed by atoms with Gasteiger partial charge in [-0.25, -0.2) is 0 Å². The Labute approximate surface area is 125 Å². The molecule has 0 amide bonds. The van der Waals surface area contributed by atoms with Gasteiger partial charge in [0.15, 0.2) is 0 Å². The maximum atomic E-state index is 6.05. The Bertz CT molecular complexity index is 444. The molecule has 2 aromatic rings. The number of nitrogens with zero attached hydrogens (tertiary/aromatic N) is 1. The topological polar surface area (TPSA) is 12.5 Å². The fraction of sp³-hybridized carbons (Fsp3) is 0.333. The van der Waals surface area contributed by atoms with E-state index in [0.717, 1.165) is 13.2 Å². The average Bonchev–Trinajstić information content (AvgIpc) is 2.89. The van der Waals surface area contributed by atoms with Crippen molar-refractivity contribution < 1.29 is 4.74 Å². The second-order valence-electron chi connectivity index (χ2n) is 4.48. The minimum absolute atomic E-state index is 0. The molecule has 1 unspecified atom stereocenters. The van der Waals surface area contributed by atoms with Crippen molar-refractivity contribution in [2.45, 2.75) is 6.10 Å². The molecule has 2 rings (SSSR count). The molecule has 0 fully saturated rings. The molecule has 0 bridgehead atoms. The second kappa shape index (κ2) is 8.33. The lowest BCUT2D eigenvalue weighted by Gasteiger charge is -2.18. The molecule has 0 aliphatic rings. The predicted octanol–water partition coefficient (Wildman–Crippen LogP) is 3.84. The molecular formula is C15H20ClNOS. The van der Waals surface area contributed by atoms with Gasteiger partial charge in [-0.1, -0.05) is 36.4 Å². The van der Waals surface area contributed by atoms with E-state index in [9.17, 15) is 0 Å². The van der Waals surface area contributed by atoms with Gasteiger partial charge in [-0.2, -0.15) is 0 Å². The van der Waals surface area contributed by atoms with E-state index in [4.69, 9.17) is 4.74 Å². The molecule has 0 radical (unpaired) electrons. The fourth-order valence-electron chi connectivity index (χ4n) is 1.76. The molecule has 0 N–H and O–H groups in total. The van der Waals surface area contributed by atoms with E-state index >= 15 is 0 Å². The molecule has 2 nitrogen and oxygen atoms in total. The minimum atomic E-state index is 0. The van der Waals surface area contributed by atoms with Crippen molar-refractivity contribution in [3.63, 3.8) is 0 Å². The third-order valence-corrected chi connectivity index (χ3v) is 3.64. The quantitative estimate of drug-likeness (QED) is 0.803. The van der Waals surface area contributed by atoms with Crippen molar-refractivity contribution in [2.75, 3.05) is 27.2 Å². The summed E-state index contributed by atoms with van der Waals surface area (Å²) in [5, 5.41) is 2.10. The molecular weight excluding hydrogens is 278 g/mol. The number of hydrogen-bond donors (Lipinski definition) is 0. The Hall–Kier alpha value is -0.870. The summed E-state index contributed by atoms with van der Waals surface area (Å²) in [6, 6.07) is 14.6. The summed E-state index contributed by atoms with van der Waals surface area (Å²) < 4.78 is 6.05. The number of hydrogen-bond acceptors (Lipinski definition) is 3. The van der Waals surface area contributed by atoms with Crippen LogP contribution in [0.3, 0.4) is 0 Å². The molecule has 1 aromatic carbocycles. The van der Waals surface area contributed by atoms with Gasteiger partial charge in [0, 0.05) is 11.4 Å². The molecule has 0 saturated carbocycles. The molecule has 1 aromatic heterocycles. The Balaban J connectivity index is 0.00000180. The number of likely N-dealkylation sites (N-methyl/N-ethyl adjacent to an activating group) is 1. The largest absolute Gasteiger partial charge is 0.367 e. The third-order valence-electron chi connectivity index (χ3n) is 2.73. The summed E-state index contributed by atoms with van der Waals surface area (Å²) >= 11 is 1.75. The van der Waals surface area contributed by atoms with Crippen LogP contribution in [0.5, 0.6) is 0 Å². The van der Waals surface area contributed by atoms with E-state index in [0.29, 0.717) is 0 Å². The molecule has 104 valence electrons. The smallest absolute Gasteiger partial charge is 0.117 e. The first-order valence-corrected chi connectivity index (χ1v) is 7.00. The van der Waals surface area contributed by atoms with Gasteiger partial charge in [-0.15, -0.1) is 23.7 Å². The minimum Gasteiger partial charge on any atom is -0.367 e. The highest BCUT2D eigenvalue weighted by Gasteiger charge is 2.15. The van der Waals surface area contributed by atoms with Crippen molar-refractivity contribution in [1.82, 2.24) is 4.90 Å². The van der Waals surface area contributed by atoms with E-state index in [1.165, 1.54) is 10.4 Å². The number of thiophene rings is 1. The number of halogens is 1. The van der Waals surface area contributed by atoms with E-state index < -0.39 is 0 Å². The van der Waals surface area contributed by atoms with Crippen molar-refractivity contribution >= 4 is 23.7 Å². The Morgan fingerprint density at radius 1 is 1.11 bits per heavy atom. The van der Waals surface area contributed by atoms with E-state index in [-0.39, 0.29) is 18.5 Å². The Morgan fingerprint density at radius 3 is 2.42 bits per heavy atom. The molecule has 1 heterocycles. The van der Waals surface area contributed by atoms with Crippen LogP contribution in [0.15, 0.2) is 47.8 Å². The monoisotopic (exact) mass is 297 g/mol. The van der Waals surface area contributed by atoms with Crippen LogP contribution in [-0.4, -0.2) is 32.1 Å². The van der Waals surface area contributed by atoms with Crippen LogP contribution in [0.4, 0.5) is 0 Å². The molecule has 0 aliphatic heterocycles. The zero-order chi connectivity index (χ0) is 12.8. The molecule has 19 heavy (non-hydrogen) atoms. The number of ether oxygens (including phenoxy) is 1. The SMILES string of the molecule is CN(C)CCOC(c1ccccc1)c1cccs1.Cl. The van der Waals surface area contributed by atoms with Crippen LogP contribution in [-0.2, 0) is 4.74 Å². The lowest BCUT2D eigenvalue weighted by atomic mass is 10.1. The highest BCUT2D eigenvalue weighted by atomic mass is 35.5. The first-order valence-electron chi connectivity index (χ1n) is 6.12. The maximum Gasteiger partial charge on any atom is 0.117 e. The van der Waals surface area contributed by atoms with Crippen LogP contribution >= 0.6 is 23.7 Å². The second-order valence-corrected chi connectivity index (χ2v) is 5.46. The van der Waals surface area contributed by atoms with Crippen molar-refractivity contribution in [1.29, 1.82) is 0 Å². The first kappa shape index (κ1) is 16.2. The molecule has 0 aliphatic carbocycles. The highest BCUT2D eigenvalue weighted by molar-refractivity contribution is 7.10. The fourth-order valence-corrected chi connectivity index (χ4v) is 2.56. The van der Waals surface area contributed by atoms with Gasteiger partial charge in [-0.3, -0.25) is 0 Å². The molecule has 0 saturated heterocycles. The van der Waals surface area contributed by atoms with Gasteiger partial charge in [0.1, 0.15) is 6.10 Å². The van der Waals surface area contributed by atoms with Crippen LogP contribution in [0.25, 0.3) is 0 Å². The van der Waals surface area contributed by atoms with Gasteiger partial charge in [0.2, 0.25) is 0 Å². The highest BCUT2D eigenvalue weighted by Crippen LogP contribution is 2.29. The van der Waals surface area contributed by atoms with Gasteiger partial charge >= 0.3 is 0 Å². The van der Waals surface area contributed by atoms with E-state index in [1.807, 2.05) is 6.07 Å². The lowest BCUT2D eigenvalue weighted by Crippen LogP contribution is -2.19. The molecule has 0 spiro atoms. The van der Waals surface area contributed by atoms with Gasteiger partial charge in [0.25, 0.3) is 0 Å². The van der Waals surface area contributed by atoms with Gasteiger partial charge < -0.3 is 9.64 Å². The standard InChI is InChI=1S/C15H19NOS.ClH/c1-16(2)10-11-17-15(14-9-6-12-18-14)13-7-4-3-5-8-13;/h3-9,12,15H,10-11H2,1-2H3;1H. The lowest BCUT2D eigenvalue weighted by molar-refractivity contribution is 0.0708. The summed E-state index contributed by atoms with van der Waals surface area (Å²) in [5.41, 5.74) is 1.22. The van der Waals surface area contributed by atoms with Crippen LogP contribution < -0.4 is 0 Å². The summed E-state index contributed by atoms with van der Waals surface area (Å²) in [7, 11) is 4.12. The van der Waals surface area contributed by atoms with Crippen LogP contribution in [0.2, 0.25) is 0 Å². The number of benzene rings is 1. The third kappa shape index (κ3) is 4.96. The van der Waals surface area contributed by atoms with Crippen molar-refractivity contribution in [3.8, 4) is 0 Å². The van der Waals surface area contributed by atoms with E-state index in [1.54, 1.807) is 11.3 Å². The van der Waals surface area contributed by atoms with Gasteiger partial charge in [0.05, 0.1) is 6.61 Å². The van der Waals surface area contributed by atoms with E-state index in [2.05, 4.69) is 60.8 Å². The number of rotatable bonds is 6. The van der Waals surface area contributed by atoms with Crippen molar-refractivity contribution in [2.24, 2.45) is 0 Å². The van der Waals surface area contributed by atoms with Gasteiger partial charge in [-0.05, 0) is 31.1 Å². The zero-order valence-electron chi connectivity index (χ0n) is 11.3. The Morgan fingerprint density at radius 2 is 1.84 bits per heavy atom. The normalized spacial score (nSPS) is 12.2. The predicted molar refractivity (Wildman–Crippen MR) is 84.4 cm³/mol. The molecule has 4 heteroatoms. The average molecular weight is 298 g/mol. The first-order chi connectivity index (χ1) is 8.77. The summed E-state index contributed by atoms with van der Waals surface area (Å²) in [6.45, 7) is 1.68. The summed E-state index contributed by atoms with van der Waals surface area (Å²) in [5.74, 6) is 0. The Kier molecular flexibility index (Phi) is 7.10.